The monoisotopic (exact) mass is 351 g/mol. The molecule has 2 aliphatic rings. The van der Waals surface area contributed by atoms with Gasteiger partial charge in [-0.15, -0.1) is 0 Å². The summed E-state index contributed by atoms with van der Waals surface area (Å²) in [7, 11) is -1.87. The smallest absolute Gasteiger partial charge is 0.245 e. The lowest BCUT2D eigenvalue weighted by atomic mass is 9.94. The molecule has 0 unspecified atom stereocenters. The largest absolute Gasteiger partial charge is 0.342 e. The summed E-state index contributed by atoms with van der Waals surface area (Å²) in [5, 5.41) is 0. The highest BCUT2D eigenvalue weighted by atomic mass is 32.2. The predicted octanol–water partition coefficient (Wildman–Crippen LogP) is 2.03. The zero-order valence-corrected chi connectivity index (χ0v) is 14.9. The van der Waals surface area contributed by atoms with Crippen LogP contribution in [0.4, 0.5) is 0 Å². The summed E-state index contributed by atoms with van der Waals surface area (Å²) in [4.78, 5) is 18.5. The Morgan fingerprint density at radius 2 is 1.88 bits per heavy atom. The minimum Gasteiger partial charge on any atom is -0.342 e. The second-order valence-corrected chi connectivity index (χ2v) is 8.66. The van der Waals surface area contributed by atoms with E-state index in [0.717, 1.165) is 38.5 Å². The van der Waals surface area contributed by atoms with Crippen LogP contribution in [0.25, 0.3) is 0 Å². The Kier molecular flexibility index (Phi) is 5.20. The van der Waals surface area contributed by atoms with Gasteiger partial charge in [0.05, 0.1) is 6.54 Å². The first kappa shape index (κ1) is 17.4. The maximum atomic E-state index is 12.9. The third-order valence-corrected chi connectivity index (χ3v) is 6.88. The number of pyridine rings is 1. The van der Waals surface area contributed by atoms with Gasteiger partial charge in [0, 0.05) is 31.5 Å². The molecule has 3 rings (SSSR count). The highest BCUT2D eigenvalue weighted by Crippen LogP contribution is 2.32. The number of sulfonamides is 1. The molecule has 1 heterocycles. The van der Waals surface area contributed by atoms with Gasteiger partial charge in [0.15, 0.2) is 0 Å². The molecule has 0 atom stereocenters. The number of carbonyl (C=O) groups is 1. The van der Waals surface area contributed by atoms with Gasteiger partial charge in [0.1, 0.15) is 4.90 Å². The van der Waals surface area contributed by atoms with Gasteiger partial charge in [0.2, 0.25) is 15.9 Å². The van der Waals surface area contributed by atoms with E-state index >= 15 is 0 Å². The van der Waals surface area contributed by atoms with E-state index in [2.05, 4.69) is 4.98 Å². The molecule has 0 aromatic carbocycles. The van der Waals surface area contributed by atoms with Crippen LogP contribution in [0, 0.1) is 0 Å². The van der Waals surface area contributed by atoms with Crippen LogP contribution in [0.15, 0.2) is 29.4 Å². The van der Waals surface area contributed by atoms with E-state index < -0.39 is 10.0 Å². The van der Waals surface area contributed by atoms with Gasteiger partial charge < -0.3 is 4.90 Å². The van der Waals surface area contributed by atoms with E-state index in [9.17, 15) is 13.2 Å². The summed E-state index contributed by atoms with van der Waals surface area (Å²) in [6, 6.07) is 3.33. The van der Waals surface area contributed by atoms with E-state index in [1.165, 1.54) is 23.0 Å². The number of rotatable bonds is 6. The van der Waals surface area contributed by atoms with Crippen LogP contribution in [0.5, 0.6) is 0 Å². The average Bonchev–Trinajstić information content (AvgIpc) is 3.45. The SMILES string of the molecule is CN(C(=O)CN(C1CC1)S(=O)(=O)c1cccnc1)C1CCCCC1. The fourth-order valence-corrected chi connectivity index (χ4v) is 4.92. The van der Waals surface area contributed by atoms with Crippen molar-refractivity contribution in [1.82, 2.24) is 14.2 Å². The molecule has 1 aromatic rings. The third-order valence-electron chi connectivity index (χ3n) is 5.00. The van der Waals surface area contributed by atoms with Gasteiger partial charge >= 0.3 is 0 Å². The molecule has 1 aromatic heterocycles. The van der Waals surface area contributed by atoms with Crippen molar-refractivity contribution >= 4 is 15.9 Å². The minimum absolute atomic E-state index is 0.0566. The number of aromatic nitrogens is 1. The Bertz CT molecular complexity index is 668. The van der Waals surface area contributed by atoms with Gasteiger partial charge in [0.25, 0.3) is 0 Å². The van der Waals surface area contributed by atoms with Gasteiger partial charge in [-0.3, -0.25) is 9.78 Å². The molecule has 1 amide bonds. The van der Waals surface area contributed by atoms with Crippen molar-refractivity contribution in [2.75, 3.05) is 13.6 Å². The van der Waals surface area contributed by atoms with Crippen molar-refractivity contribution in [2.24, 2.45) is 0 Å². The molecule has 0 saturated heterocycles. The lowest BCUT2D eigenvalue weighted by molar-refractivity contribution is -0.132. The first-order valence-electron chi connectivity index (χ1n) is 8.67. The molecule has 0 bridgehead atoms. The molecule has 0 spiro atoms. The molecule has 2 saturated carbocycles. The molecule has 2 fully saturated rings. The normalized spacial score (nSPS) is 19.4. The van der Waals surface area contributed by atoms with Crippen LogP contribution in [0.1, 0.15) is 44.9 Å². The minimum atomic E-state index is -3.67. The number of carbonyl (C=O) groups excluding carboxylic acids is 1. The highest BCUT2D eigenvalue weighted by Gasteiger charge is 2.40. The maximum absolute atomic E-state index is 12.9. The fourth-order valence-electron chi connectivity index (χ4n) is 3.32. The summed E-state index contributed by atoms with van der Waals surface area (Å²) in [5.41, 5.74) is 0. The van der Waals surface area contributed by atoms with E-state index in [-0.39, 0.29) is 29.4 Å². The van der Waals surface area contributed by atoms with Gasteiger partial charge in [-0.1, -0.05) is 19.3 Å². The second-order valence-electron chi connectivity index (χ2n) is 6.77. The topological polar surface area (TPSA) is 70.6 Å². The number of hydrogen-bond acceptors (Lipinski definition) is 4. The number of likely N-dealkylation sites (N-methyl/N-ethyl adjacent to an activating group) is 1. The molecule has 132 valence electrons. The number of nitrogens with zero attached hydrogens (tertiary/aromatic N) is 3. The third kappa shape index (κ3) is 3.78. The van der Waals surface area contributed by atoms with Crippen LogP contribution in [0.2, 0.25) is 0 Å². The van der Waals surface area contributed by atoms with Crippen LogP contribution in [0.3, 0.4) is 0 Å². The Hall–Kier alpha value is -1.47. The van der Waals surface area contributed by atoms with Crippen LogP contribution >= 0.6 is 0 Å². The number of amides is 1. The van der Waals surface area contributed by atoms with Crippen molar-refractivity contribution in [3.05, 3.63) is 24.5 Å². The molecule has 0 N–H and O–H groups in total. The van der Waals surface area contributed by atoms with Crippen molar-refractivity contribution in [1.29, 1.82) is 0 Å². The molecular weight excluding hydrogens is 326 g/mol. The van der Waals surface area contributed by atoms with Gasteiger partial charge in [-0.2, -0.15) is 4.31 Å². The quantitative estimate of drug-likeness (QED) is 0.786. The Morgan fingerprint density at radius 1 is 1.17 bits per heavy atom. The molecule has 7 heteroatoms. The van der Waals surface area contributed by atoms with Crippen molar-refractivity contribution in [3.63, 3.8) is 0 Å². The number of hydrogen-bond donors (Lipinski definition) is 0. The standard InChI is InChI=1S/C17H25N3O3S/c1-19(14-6-3-2-4-7-14)17(21)13-20(15-9-10-15)24(22,23)16-8-5-11-18-12-16/h5,8,11-12,14-15H,2-4,6-7,9-10,13H2,1H3. The summed E-state index contributed by atoms with van der Waals surface area (Å²) in [6.07, 6.45) is 10.1. The molecule has 0 radical (unpaired) electrons. The van der Waals surface area contributed by atoms with Crippen LogP contribution in [-0.4, -0.2) is 54.2 Å². The summed E-state index contributed by atoms with van der Waals surface area (Å²) < 4.78 is 27.1. The zero-order chi connectivity index (χ0) is 17.2. The van der Waals surface area contributed by atoms with Gasteiger partial charge in [-0.25, -0.2) is 8.42 Å². The first-order valence-corrected chi connectivity index (χ1v) is 10.1. The lowest BCUT2D eigenvalue weighted by Gasteiger charge is -2.33. The van der Waals surface area contributed by atoms with E-state index in [1.54, 1.807) is 24.2 Å². The van der Waals surface area contributed by atoms with E-state index in [4.69, 9.17) is 0 Å². The Labute approximate surface area is 143 Å². The van der Waals surface area contributed by atoms with Crippen molar-refractivity contribution in [3.8, 4) is 0 Å². The van der Waals surface area contributed by atoms with Crippen molar-refractivity contribution < 1.29 is 13.2 Å². The van der Waals surface area contributed by atoms with E-state index in [0.29, 0.717) is 0 Å². The molecule has 0 aliphatic heterocycles. The Morgan fingerprint density at radius 3 is 2.46 bits per heavy atom. The molecule has 2 aliphatic carbocycles. The van der Waals surface area contributed by atoms with Crippen LogP contribution in [-0.2, 0) is 14.8 Å². The van der Waals surface area contributed by atoms with E-state index in [1.807, 2.05) is 0 Å². The molecule has 6 nitrogen and oxygen atoms in total. The molecular formula is C17H25N3O3S. The summed E-state index contributed by atoms with van der Waals surface area (Å²) in [6.45, 7) is -0.0745. The summed E-state index contributed by atoms with van der Waals surface area (Å²) >= 11 is 0. The Balaban J connectivity index is 1.73. The zero-order valence-electron chi connectivity index (χ0n) is 14.1. The maximum Gasteiger partial charge on any atom is 0.245 e. The van der Waals surface area contributed by atoms with Crippen LogP contribution < -0.4 is 0 Å². The lowest BCUT2D eigenvalue weighted by Crippen LogP contribution is -2.46. The summed E-state index contributed by atoms with van der Waals surface area (Å²) in [5.74, 6) is -0.110. The van der Waals surface area contributed by atoms with Gasteiger partial charge in [-0.05, 0) is 37.8 Å². The molecule has 24 heavy (non-hydrogen) atoms. The van der Waals surface area contributed by atoms with Crippen molar-refractivity contribution in [2.45, 2.75) is 61.9 Å². The average molecular weight is 351 g/mol. The highest BCUT2D eigenvalue weighted by molar-refractivity contribution is 7.89. The first-order chi connectivity index (χ1) is 11.5. The predicted molar refractivity (Wildman–Crippen MR) is 90.8 cm³/mol. The second kappa shape index (κ2) is 7.19. The fraction of sp³-hybridized carbons (Fsp3) is 0.647.